The second-order valence-electron chi connectivity index (χ2n) is 19.8. The average Bonchev–Trinajstić information content (AvgIpc) is 3.38. The number of aliphatic hydroxyl groups is 1. The van der Waals surface area contributed by atoms with Crippen molar-refractivity contribution in [3.05, 3.63) is 35.4 Å². The molecular weight excluding hydrogens is 654 g/mol. The third kappa shape index (κ3) is 5.90. The number of esters is 1. The minimum absolute atomic E-state index is 0.0231. The first-order chi connectivity index (χ1) is 24.2. The van der Waals surface area contributed by atoms with E-state index in [0.29, 0.717) is 24.8 Å². The topological polar surface area (TPSA) is 139 Å². The largest absolute Gasteiger partial charge is 0.481 e. The molecule has 1 aromatic heterocycles. The Morgan fingerprint density at radius 2 is 1.69 bits per heavy atom. The molecular formula is C43H65N3O6. The van der Waals surface area contributed by atoms with E-state index in [1.165, 1.54) is 5.57 Å². The van der Waals surface area contributed by atoms with Crippen molar-refractivity contribution in [1.29, 1.82) is 0 Å². The van der Waals surface area contributed by atoms with Gasteiger partial charge in [0.25, 0.3) is 0 Å². The number of hydrogen-bond donors (Lipinski definition) is 3. The summed E-state index contributed by atoms with van der Waals surface area (Å²) in [7, 11) is 0. The zero-order valence-corrected chi connectivity index (χ0v) is 33.5. The number of carbonyl (C=O) groups is 3. The summed E-state index contributed by atoms with van der Waals surface area (Å²) in [4.78, 5) is 47.3. The number of hydrogen-bond acceptors (Lipinski definition) is 8. The minimum atomic E-state index is -1.17. The number of carboxylic acids is 1. The van der Waals surface area contributed by atoms with Gasteiger partial charge in [-0.05, 0) is 124 Å². The molecule has 5 aliphatic carbocycles. The highest BCUT2D eigenvalue weighted by Gasteiger charge is 2.70. The maximum Gasteiger partial charge on any atom is 0.309 e. The van der Waals surface area contributed by atoms with Crippen LogP contribution in [0.1, 0.15) is 145 Å². The number of ether oxygens (including phenoxy) is 1. The molecule has 0 unspecified atom stereocenters. The van der Waals surface area contributed by atoms with Crippen LogP contribution in [-0.4, -0.2) is 56.7 Å². The third-order valence-corrected chi connectivity index (χ3v) is 16.2. The van der Waals surface area contributed by atoms with Gasteiger partial charge in [-0.1, -0.05) is 54.0 Å². The van der Waals surface area contributed by atoms with Crippen LogP contribution in [-0.2, 0) is 19.1 Å². The molecule has 0 aliphatic heterocycles. The van der Waals surface area contributed by atoms with Crippen molar-refractivity contribution in [2.45, 2.75) is 152 Å². The fraction of sp³-hybridized carbons (Fsp3) is 0.791. The lowest BCUT2D eigenvalue weighted by Gasteiger charge is -2.72. The van der Waals surface area contributed by atoms with E-state index < -0.39 is 28.9 Å². The molecule has 288 valence electrons. The van der Waals surface area contributed by atoms with E-state index >= 15 is 0 Å². The number of ketones is 1. The first kappa shape index (κ1) is 39.1. The summed E-state index contributed by atoms with van der Waals surface area (Å²) in [6.07, 6.45) is 10.4. The molecule has 10 atom stereocenters. The van der Waals surface area contributed by atoms with Gasteiger partial charge in [-0.15, -0.1) is 0 Å². The van der Waals surface area contributed by atoms with Crippen LogP contribution < -0.4 is 5.32 Å². The summed E-state index contributed by atoms with van der Waals surface area (Å²) in [5, 5.41) is 25.3. The molecule has 0 aromatic carbocycles. The highest BCUT2D eigenvalue weighted by atomic mass is 16.5. The molecule has 52 heavy (non-hydrogen) atoms. The molecule has 0 amide bonds. The molecule has 5 aliphatic rings. The number of carbonyl (C=O) groups excluding carboxylic acids is 2. The Morgan fingerprint density at radius 3 is 2.33 bits per heavy atom. The van der Waals surface area contributed by atoms with Crippen molar-refractivity contribution in [2.24, 2.45) is 56.2 Å². The van der Waals surface area contributed by atoms with Gasteiger partial charge in [0.05, 0.1) is 23.6 Å². The number of nitrogens with zero attached hydrogens (tertiary/aromatic N) is 2. The number of allylic oxidation sites excluding steroid dienone is 1. The van der Waals surface area contributed by atoms with Gasteiger partial charge >= 0.3 is 11.9 Å². The third-order valence-electron chi connectivity index (χ3n) is 16.2. The second-order valence-corrected chi connectivity index (χ2v) is 19.8. The van der Waals surface area contributed by atoms with Crippen LogP contribution >= 0.6 is 0 Å². The van der Waals surface area contributed by atoms with Gasteiger partial charge < -0.3 is 20.3 Å². The number of nitrogens with one attached hydrogen (secondary N) is 1. The van der Waals surface area contributed by atoms with Gasteiger partial charge in [0.2, 0.25) is 0 Å². The quantitative estimate of drug-likeness (QED) is 0.206. The molecule has 1 heterocycles. The lowest BCUT2D eigenvalue weighted by molar-refractivity contribution is -0.235. The fourth-order valence-electron chi connectivity index (χ4n) is 13.1. The summed E-state index contributed by atoms with van der Waals surface area (Å²) in [5.74, 6) is -0.00358. The van der Waals surface area contributed by atoms with Gasteiger partial charge in [0, 0.05) is 36.0 Å². The Labute approximate surface area is 311 Å². The molecule has 9 heteroatoms. The van der Waals surface area contributed by atoms with E-state index in [2.05, 4.69) is 70.7 Å². The van der Waals surface area contributed by atoms with Crippen LogP contribution in [0.5, 0.6) is 0 Å². The van der Waals surface area contributed by atoms with E-state index in [0.717, 1.165) is 62.6 Å². The fourth-order valence-corrected chi connectivity index (χ4v) is 13.1. The molecule has 0 bridgehead atoms. The van der Waals surface area contributed by atoms with Crippen LogP contribution in [0.25, 0.3) is 0 Å². The van der Waals surface area contributed by atoms with Crippen LogP contribution in [0.2, 0.25) is 0 Å². The van der Waals surface area contributed by atoms with E-state index in [4.69, 9.17) is 4.74 Å². The monoisotopic (exact) mass is 719 g/mol. The maximum absolute atomic E-state index is 14.0. The van der Waals surface area contributed by atoms with Gasteiger partial charge in [-0.2, -0.15) is 0 Å². The summed E-state index contributed by atoms with van der Waals surface area (Å²) >= 11 is 0. The van der Waals surface area contributed by atoms with Crippen molar-refractivity contribution in [2.75, 3.05) is 6.54 Å². The van der Waals surface area contributed by atoms with E-state index in [1.54, 1.807) is 26.4 Å². The highest BCUT2D eigenvalue weighted by Crippen LogP contribution is 2.77. The van der Waals surface area contributed by atoms with Gasteiger partial charge in [-0.25, -0.2) is 9.97 Å². The highest BCUT2D eigenvalue weighted by molar-refractivity contribution is 6.00. The van der Waals surface area contributed by atoms with Crippen LogP contribution in [0.3, 0.4) is 0 Å². The minimum Gasteiger partial charge on any atom is -0.481 e. The first-order valence-electron chi connectivity index (χ1n) is 20.0. The molecule has 9 nitrogen and oxygen atoms in total. The van der Waals surface area contributed by atoms with Crippen LogP contribution in [0.4, 0.5) is 0 Å². The Kier molecular flexibility index (Phi) is 9.97. The normalized spacial score (nSPS) is 38.1. The van der Waals surface area contributed by atoms with E-state index in [1.807, 2.05) is 6.07 Å². The number of aliphatic hydroxyl groups excluding tert-OH is 1. The molecule has 1 aromatic rings. The Balaban J connectivity index is 1.27. The molecule has 0 spiro atoms. The first-order valence-corrected chi connectivity index (χ1v) is 20.0. The summed E-state index contributed by atoms with van der Waals surface area (Å²) < 4.78 is 6.16. The zero-order chi connectivity index (χ0) is 38.2. The van der Waals surface area contributed by atoms with Crippen molar-refractivity contribution < 1.29 is 29.3 Å². The van der Waals surface area contributed by atoms with Crippen LogP contribution in [0, 0.1) is 56.2 Å². The number of aliphatic carboxylic acids is 1. The predicted molar refractivity (Wildman–Crippen MR) is 200 cm³/mol. The molecule has 4 fully saturated rings. The summed E-state index contributed by atoms with van der Waals surface area (Å²) in [6, 6.07) is 1.84. The maximum atomic E-state index is 14.0. The Morgan fingerprint density at radius 1 is 0.981 bits per heavy atom. The predicted octanol–water partition coefficient (Wildman–Crippen LogP) is 7.88. The SMILES string of the molecule is CC(C)C1=C2[C@H]3CC[C@@H]4[C@@]5(C)CC[C@H](OC(=O)CC(C)(C)C(=O)O)C(C)(C)[C@@H]5CC[C@@]4(C)[C@]3(C)CC[C@@]2([C@@H](O)CN[C@@H](C)c2ccncn2)CC1=O. The average molecular weight is 720 g/mol. The standard InChI is InChI=1S/C43H65N3O6/c1-25(2)35-29(47)21-43(32(48)23-45-26(3)28-15-20-44-24-46-28)19-18-41(9)27(36(35)43)11-12-31-40(8)16-14-33(52-34(49)22-38(4,5)37(50)51)39(6,7)30(40)13-17-42(31,41)10/h15,20,24-27,30-33,45,48H,11-14,16-19,21-23H2,1-10H3,(H,50,51)/t26-,27+,30-,31+,32-,33-,40-,41+,42+,43-/m0/s1. The lowest BCUT2D eigenvalue weighted by Crippen LogP contribution is -2.66. The number of carboxylic acid groups (broad SMARTS) is 1. The van der Waals surface area contributed by atoms with Gasteiger partial charge in [0.15, 0.2) is 5.78 Å². The van der Waals surface area contributed by atoms with Crippen molar-refractivity contribution in [3.63, 3.8) is 0 Å². The number of rotatable bonds is 10. The summed E-state index contributed by atoms with van der Waals surface area (Å²) in [5.41, 5.74) is 1.25. The second kappa shape index (κ2) is 13.3. The van der Waals surface area contributed by atoms with Crippen molar-refractivity contribution in [3.8, 4) is 0 Å². The smallest absolute Gasteiger partial charge is 0.309 e. The summed E-state index contributed by atoms with van der Waals surface area (Å²) in [6.45, 7) is 22.0. The zero-order valence-electron chi connectivity index (χ0n) is 33.5. The number of fused-ring (bicyclic) bond motifs is 7. The molecule has 4 saturated carbocycles. The number of Topliss-reactive ketones (excluding diaryl/α,β-unsaturated/α-hetero) is 1. The van der Waals surface area contributed by atoms with Crippen LogP contribution in [0.15, 0.2) is 29.7 Å². The van der Waals surface area contributed by atoms with Gasteiger partial charge in [0.1, 0.15) is 12.4 Å². The van der Waals surface area contributed by atoms with Crippen molar-refractivity contribution >= 4 is 17.7 Å². The number of aromatic nitrogens is 2. The lowest BCUT2D eigenvalue weighted by atomic mass is 9.33. The molecule has 0 saturated heterocycles. The molecule has 0 radical (unpaired) electrons. The molecule has 3 N–H and O–H groups in total. The van der Waals surface area contributed by atoms with Gasteiger partial charge in [-0.3, -0.25) is 14.4 Å². The van der Waals surface area contributed by atoms with E-state index in [9.17, 15) is 24.6 Å². The molecule has 6 rings (SSSR count). The van der Waals surface area contributed by atoms with Crippen molar-refractivity contribution in [1.82, 2.24) is 15.3 Å². The Bertz CT molecular complexity index is 1600. The Hall–Kier alpha value is -2.65. The van der Waals surface area contributed by atoms with E-state index in [-0.39, 0.29) is 57.8 Å².